The number of carbonyl (C=O) groups excluding carboxylic acids is 2. The molecule has 0 saturated carbocycles. The lowest BCUT2D eigenvalue weighted by Crippen LogP contribution is -2.43. The van der Waals surface area contributed by atoms with Crippen LogP contribution in [0.5, 0.6) is 0 Å². The Balaban J connectivity index is 1.40. The van der Waals surface area contributed by atoms with Crippen LogP contribution in [0.1, 0.15) is 22.9 Å². The fourth-order valence-corrected chi connectivity index (χ4v) is 3.66. The van der Waals surface area contributed by atoms with E-state index in [1.165, 1.54) is 5.56 Å². The highest BCUT2D eigenvalue weighted by atomic mass is 16.3. The van der Waals surface area contributed by atoms with Crippen LogP contribution in [0.3, 0.4) is 0 Å². The Morgan fingerprint density at radius 3 is 2.48 bits per heavy atom. The summed E-state index contributed by atoms with van der Waals surface area (Å²) in [5, 5.41) is 5.42. The number of rotatable bonds is 6. The quantitative estimate of drug-likeness (QED) is 0.636. The summed E-state index contributed by atoms with van der Waals surface area (Å²) in [4.78, 5) is 26.7. The molecule has 0 bridgehead atoms. The monoisotopic (exact) mass is 389 g/mol. The molecule has 1 aromatic heterocycles. The van der Waals surface area contributed by atoms with Gasteiger partial charge in [-0.15, -0.1) is 0 Å². The predicted molar refractivity (Wildman–Crippen MR) is 110 cm³/mol. The van der Waals surface area contributed by atoms with Gasteiger partial charge in [0.05, 0.1) is 6.26 Å². The molecule has 2 aromatic carbocycles. The van der Waals surface area contributed by atoms with E-state index in [-0.39, 0.29) is 12.6 Å². The van der Waals surface area contributed by atoms with Crippen molar-refractivity contribution in [2.45, 2.75) is 19.0 Å². The number of benzene rings is 2. The lowest BCUT2D eigenvalue weighted by atomic mass is 10.1. The number of carbonyl (C=O) groups is 2. The third-order valence-corrected chi connectivity index (χ3v) is 5.13. The zero-order chi connectivity index (χ0) is 20.1. The van der Waals surface area contributed by atoms with E-state index in [1.807, 2.05) is 54.6 Å². The van der Waals surface area contributed by atoms with Crippen molar-refractivity contribution in [2.24, 2.45) is 0 Å². The SMILES string of the molecule is O=C(NCc1ccccc1)C(=O)NC[C@@H](c1ccco1)N1CCc2ccccc21. The maximum absolute atomic E-state index is 12.3. The van der Waals surface area contributed by atoms with Crippen molar-refractivity contribution < 1.29 is 14.0 Å². The summed E-state index contributed by atoms with van der Waals surface area (Å²) in [6, 6.07) is 21.3. The Hall–Kier alpha value is -3.54. The molecule has 0 radical (unpaired) electrons. The number of nitrogens with zero attached hydrogens (tertiary/aromatic N) is 1. The number of fused-ring (bicyclic) bond motifs is 1. The molecule has 4 rings (SSSR count). The van der Waals surface area contributed by atoms with E-state index in [4.69, 9.17) is 4.42 Å². The van der Waals surface area contributed by atoms with Gasteiger partial charge < -0.3 is 20.0 Å². The van der Waals surface area contributed by atoms with Crippen LogP contribution < -0.4 is 15.5 Å². The molecular weight excluding hydrogens is 366 g/mol. The predicted octanol–water partition coefficient (Wildman–Crippen LogP) is 2.82. The van der Waals surface area contributed by atoms with E-state index >= 15 is 0 Å². The van der Waals surface area contributed by atoms with Crippen molar-refractivity contribution in [1.82, 2.24) is 10.6 Å². The van der Waals surface area contributed by atoms with Gasteiger partial charge in [0, 0.05) is 25.3 Å². The summed E-state index contributed by atoms with van der Waals surface area (Å²) in [5.41, 5.74) is 3.35. The maximum Gasteiger partial charge on any atom is 0.309 e. The molecule has 0 fully saturated rings. The molecule has 0 saturated heterocycles. The zero-order valence-corrected chi connectivity index (χ0v) is 16.0. The Bertz CT molecular complexity index is 970. The van der Waals surface area contributed by atoms with Crippen molar-refractivity contribution in [2.75, 3.05) is 18.0 Å². The molecule has 0 aliphatic carbocycles. The van der Waals surface area contributed by atoms with Crippen molar-refractivity contribution >= 4 is 17.5 Å². The molecule has 1 aliphatic rings. The molecule has 1 aliphatic heterocycles. The molecule has 2 amide bonds. The van der Waals surface area contributed by atoms with Crippen LogP contribution in [0.2, 0.25) is 0 Å². The second-order valence-electron chi connectivity index (χ2n) is 6.98. The van der Waals surface area contributed by atoms with Crippen LogP contribution in [-0.4, -0.2) is 24.9 Å². The van der Waals surface area contributed by atoms with Crippen molar-refractivity contribution in [1.29, 1.82) is 0 Å². The average Bonchev–Trinajstić information content (AvgIpc) is 3.44. The second-order valence-corrected chi connectivity index (χ2v) is 6.98. The molecule has 1 atom stereocenters. The van der Waals surface area contributed by atoms with E-state index in [9.17, 15) is 9.59 Å². The fraction of sp³-hybridized carbons (Fsp3) is 0.217. The van der Waals surface area contributed by atoms with Gasteiger partial charge in [-0.2, -0.15) is 0 Å². The number of hydrogen-bond acceptors (Lipinski definition) is 4. The number of para-hydroxylation sites is 1. The highest BCUT2D eigenvalue weighted by molar-refractivity contribution is 6.35. The molecule has 2 heterocycles. The van der Waals surface area contributed by atoms with Gasteiger partial charge in [0.1, 0.15) is 11.8 Å². The van der Waals surface area contributed by atoms with E-state index in [0.29, 0.717) is 6.54 Å². The first-order valence-corrected chi connectivity index (χ1v) is 9.70. The van der Waals surface area contributed by atoms with Crippen LogP contribution in [-0.2, 0) is 22.6 Å². The Morgan fingerprint density at radius 2 is 1.69 bits per heavy atom. The van der Waals surface area contributed by atoms with Crippen LogP contribution in [0.25, 0.3) is 0 Å². The molecule has 29 heavy (non-hydrogen) atoms. The normalized spacial score (nSPS) is 13.6. The van der Waals surface area contributed by atoms with Gasteiger partial charge in [0.15, 0.2) is 0 Å². The summed E-state index contributed by atoms with van der Waals surface area (Å²) < 4.78 is 5.63. The minimum Gasteiger partial charge on any atom is -0.467 e. The largest absolute Gasteiger partial charge is 0.467 e. The fourth-order valence-electron chi connectivity index (χ4n) is 3.66. The van der Waals surface area contributed by atoms with Crippen LogP contribution in [0, 0.1) is 0 Å². The molecule has 6 heteroatoms. The number of anilines is 1. The van der Waals surface area contributed by atoms with Crippen LogP contribution >= 0.6 is 0 Å². The molecule has 3 aromatic rings. The molecule has 6 nitrogen and oxygen atoms in total. The third kappa shape index (κ3) is 4.32. The molecule has 0 spiro atoms. The minimum atomic E-state index is -0.648. The lowest BCUT2D eigenvalue weighted by Gasteiger charge is -2.29. The molecule has 148 valence electrons. The van der Waals surface area contributed by atoms with Crippen molar-refractivity contribution in [3.63, 3.8) is 0 Å². The molecular formula is C23H23N3O3. The number of furan rings is 1. The summed E-state index contributed by atoms with van der Waals surface area (Å²) in [7, 11) is 0. The summed E-state index contributed by atoms with van der Waals surface area (Å²) >= 11 is 0. The summed E-state index contributed by atoms with van der Waals surface area (Å²) in [6.07, 6.45) is 2.57. The van der Waals surface area contributed by atoms with Crippen LogP contribution in [0.4, 0.5) is 5.69 Å². The summed E-state index contributed by atoms with van der Waals surface area (Å²) in [5.74, 6) is -0.537. The Kier molecular flexibility index (Phi) is 5.61. The highest BCUT2D eigenvalue weighted by Crippen LogP contribution is 2.34. The molecule has 0 unspecified atom stereocenters. The van der Waals surface area contributed by atoms with Crippen molar-refractivity contribution in [3.8, 4) is 0 Å². The van der Waals surface area contributed by atoms with Gasteiger partial charge in [-0.1, -0.05) is 48.5 Å². The maximum atomic E-state index is 12.3. The Morgan fingerprint density at radius 1 is 0.931 bits per heavy atom. The minimum absolute atomic E-state index is 0.181. The Labute approximate surface area is 169 Å². The second kappa shape index (κ2) is 8.65. The van der Waals surface area contributed by atoms with Gasteiger partial charge in [-0.3, -0.25) is 9.59 Å². The summed E-state index contributed by atoms with van der Waals surface area (Å²) in [6.45, 7) is 1.43. The zero-order valence-electron chi connectivity index (χ0n) is 16.0. The van der Waals surface area contributed by atoms with Gasteiger partial charge in [0.25, 0.3) is 0 Å². The van der Waals surface area contributed by atoms with Crippen LogP contribution in [0.15, 0.2) is 77.4 Å². The number of amides is 2. The van der Waals surface area contributed by atoms with E-state index < -0.39 is 11.8 Å². The number of hydrogen-bond donors (Lipinski definition) is 2. The first-order valence-electron chi connectivity index (χ1n) is 9.70. The number of nitrogens with one attached hydrogen (secondary N) is 2. The lowest BCUT2D eigenvalue weighted by molar-refractivity contribution is -0.139. The first-order chi connectivity index (χ1) is 14.2. The average molecular weight is 389 g/mol. The van der Waals surface area contributed by atoms with E-state index in [2.05, 4.69) is 27.7 Å². The standard InChI is InChI=1S/C23H23N3O3/c27-22(24-15-17-7-2-1-3-8-17)23(28)25-16-20(21-11-6-14-29-21)26-13-12-18-9-4-5-10-19(18)26/h1-11,14,20H,12-13,15-16H2,(H,24,27)(H,25,28)/t20-/m0/s1. The highest BCUT2D eigenvalue weighted by Gasteiger charge is 2.29. The molecule has 2 N–H and O–H groups in total. The van der Waals surface area contributed by atoms with E-state index in [0.717, 1.165) is 30.0 Å². The van der Waals surface area contributed by atoms with Gasteiger partial charge in [-0.25, -0.2) is 0 Å². The van der Waals surface area contributed by atoms with Gasteiger partial charge in [-0.05, 0) is 35.7 Å². The van der Waals surface area contributed by atoms with Crippen molar-refractivity contribution in [3.05, 3.63) is 89.9 Å². The smallest absolute Gasteiger partial charge is 0.309 e. The van der Waals surface area contributed by atoms with Gasteiger partial charge in [0.2, 0.25) is 0 Å². The van der Waals surface area contributed by atoms with E-state index in [1.54, 1.807) is 6.26 Å². The first kappa shape index (κ1) is 18.8. The third-order valence-electron chi connectivity index (χ3n) is 5.13. The topological polar surface area (TPSA) is 74.6 Å². The van der Waals surface area contributed by atoms with Gasteiger partial charge >= 0.3 is 11.8 Å².